The van der Waals surface area contributed by atoms with Crippen LogP contribution in [0.3, 0.4) is 0 Å². The van der Waals surface area contributed by atoms with E-state index in [2.05, 4.69) is 9.71 Å². The van der Waals surface area contributed by atoms with Crippen molar-refractivity contribution in [2.75, 3.05) is 13.7 Å². The summed E-state index contributed by atoms with van der Waals surface area (Å²) in [6.07, 6.45) is 1.50. The highest BCUT2D eigenvalue weighted by Gasteiger charge is 2.28. The zero-order valence-electron chi connectivity index (χ0n) is 19.6. The zero-order chi connectivity index (χ0) is 24.3. The molecule has 0 unspecified atom stereocenters. The molecule has 0 aliphatic heterocycles. The van der Waals surface area contributed by atoms with Crippen LogP contribution in [0.1, 0.15) is 62.1 Å². The minimum atomic E-state index is -1.03. The van der Waals surface area contributed by atoms with E-state index < -0.39 is 29.0 Å². The third-order valence-electron chi connectivity index (χ3n) is 4.94. The van der Waals surface area contributed by atoms with Gasteiger partial charge in [0.2, 0.25) is 5.88 Å². The van der Waals surface area contributed by atoms with Gasteiger partial charge < -0.3 is 9.47 Å². The van der Waals surface area contributed by atoms with Gasteiger partial charge in [0.1, 0.15) is 5.82 Å². The molecule has 3 rings (SSSR count). The summed E-state index contributed by atoms with van der Waals surface area (Å²) in [7, 11) is 1.30. The SMILES string of the molecule is CCOc1nccc2c(C(=O)c3c(F)cc([C@H](C)NSC(C)(C)C)c(OC)c3F)cccc12. The maximum Gasteiger partial charge on any atom is 0.221 e. The molecule has 176 valence electrons. The standard InChI is InChI=1S/C25H28F2N2O3S/c1-7-32-24-17-10-8-9-16(15(17)11-12-28-24)22(30)20-19(26)13-18(23(31-6)21(20)27)14(2)29-33-25(3,4)5/h8-14,29H,7H2,1-6H3/t14-/m0/s1. The van der Waals surface area contributed by atoms with E-state index in [1.54, 1.807) is 25.1 Å². The van der Waals surface area contributed by atoms with Gasteiger partial charge in [-0.1, -0.05) is 24.1 Å². The van der Waals surface area contributed by atoms with Gasteiger partial charge in [-0.3, -0.25) is 9.52 Å². The smallest absolute Gasteiger partial charge is 0.221 e. The Labute approximate surface area is 197 Å². The van der Waals surface area contributed by atoms with Gasteiger partial charge in [-0.15, -0.1) is 0 Å². The number of nitrogens with zero attached hydrogens (tertiary/aromatic N) is 1. The summed E-state index contributed by atoms with van der Waals surface area (Å²) in [4.78, 5) is 17.5. The average Bonchev–Trinajstić information content (AvgIpc) is 2.76. The Balaban J connectivity index is 2.09. The van der Waals surface area contributed by atoms with Crippen molar-refractivity contribution in [3.05, 3.63) is 64.9 Å². The molecule has 1 heterocycles. The molecular formula is C25H28F2N2O3S. The molecule has 0 saturated carbocycles. The minimum absolute atomic E-state index is 0.0991. The van der Waals surface area contributed by atoms with Crippen LogP contribution in [-0.2, 0) is 0 Å². The first kappa shape index (κ1) is 24.9. The van der Waals surface area contributed by atoms with E-state index >= 15 is 8.78 Å². The fourth-order valence-electron chi connectivity index (χ4n) is 3.45. The second-order valence-corrected chi connectivity index (χ2v) is 10.2. The van der Waals surface area contributed by atoms with Crippen molar-refractivity contribution in [2.45, 2.75) is 45.4 Å². The quantitative estimate of drug-likeness (QED) is 0.308. The van der Waals surface area contributed by atoms with Gasteiger partial charge in [0, 0.05) is 33.5 Å². The lowest BCUT2D eigenvalue weighted by molar-refractivity contribution is 0.103. The molecule has 0 radical (unpaired) electrons. The summed E-state index contributed by atoms with van der Waals surface area (Å²) in [5, 5.41) is 1.09. The van der Waals surface area contributed by atoms with Gasteiger partial charge in [-0.05, 0) is 58.2 Å². The zero-order valence-corrected chi connectivity index (χ0v) is 20.4. The van der Waals surface area contributed by atoms with Crippen molar-refractivity contribution in [2.24, 2.45) is 0 Å². The third kappa shape index (κ3) is 5.28. The maximum atomic E-state index is 15.5. The van der Waals surface area contributed by atoms with Crippen LogP contribution in [-0.4, -0.2) is 29.2 Å². The van der Waals surface area contributed by atoms with Crippen LogP contribution in [0.15, 0.2) is 36.5 Å². The highest BCUT2D eigenvalue weighted by molar-refractivity contribution is 7.98. The highest BCUT2D eigenvalue weighted by Crippen LogP contribution is 2.36. The second-order valence-electron chi connectivity index (χ2n) is 8.50. The molecule has 2 aromatic carbocycles. The summed E-state index contributed by atoms with van der Waals surface area (Å²) in [6.45, 7) is 10.1. The van der Waals surface area contributed by atoms with E-state index in [-0.39, 0.29) is 16.1 Å². The van der Waals surface area contributed by atoms with Crippen molar-refractivity contribution in [1.29, 1.82) is 0 Å². The number of hydrogen-bond donors (Lipinski definition) is 1. The number of methoxy groups -OCH3 is 1. The van der Waals surface area contributed by atoms with E-state index in [4.69, 9.17) is 9.47 Å². The number of halogens is 2. The molecule has 0 aliphatic carbocycles. The Hall–Kier alpha value is -2.71. The fraction of sp³-hybridized carbons (Fsp3) is 0.360. The number of pyridine rings is 1. The van der Waals surface area contributed by atoms with Crippen LogP contribution in [0.4, 0.5) is 8.78 Å². The molecule has 0 bridgehead atoms. The predicted octanol–water partition coefficient (Wildman–Crippen LogP) is 6.25. The van der Waals surface area contributed by atoms with Crippen molar-refractivity contribution >= 4 is 28.5 Å². The van der Waals surface area contributed by atoms with Crippen LogP contribution in [0.25, 0.3) is 10.8 Å². The number of nitrogens with one attached hydrogen (secondary N) is 1. The Kier molecular flexibility index (Phi) is 7.59. The number of fused-ring (bicyclic) bond motifs is 1. The maximum absolute atomic E-state index is 15.5. The molecule has 0 saturated heterocycles. The van der Waals surface area contributed by atoms with Gasteiger partial charge in [0.15, 0.2) is 17.3 Å². The number of benzene rings is 2. The molecule has 5 nitrogen and oxygen atoms in total. The van der Waals surface area contributed by atoms with E-state index in [0.717, 1.165) is 6.07 Å². The summed E-state index contributed by atoms with van der Waals surface area (Å²) in [5.74, 6) is -2.55. The molecule has 33 heavy (non-hydrogen) atoms. The Morgan fingerprint density at radius 3 is 2.58 bits per heavy atom. The number of carbonyl (C=O) groups excluding carboxylic acids is 1. The average molecular weight is 475 g/mol. The lowest BCUT2D eigenvalue weighted by atomic mass is 9.95. The van der Waals surface area contributed by atoms with E-state index in [1.165, 1.54) is 31.3 Å². The molecule has 1 N–H and O–H groups in total. The number of rotatable bonds is 8. The highest BCUT2D eigenvalue weighted by atomic mass is 32.2. The van der Waals surface area contributed by atoms with Crippen LogP contribution >= 0.6 is 11.9 Å². The molecular weight excluding hydrogens is 446 g/mol. The lowest BCUT2D eigenvalue weighted by Gasteiger charge is -2.23. The summed E-state index contributed by atoms with van der Waals surface area (Å²) in [6, 6.07) is 7.28. The van der Waals surface area contributed by atoms with Crippen LogP contribution in [0, 0.1) is 11.6 Å². The topological polar surface area (TPSA) is 60.5 Å². The first-order valence-electron chi connectivity index (χ1n) is 10.6. The van der Waals surface area contributed by atoms with Gasteiger partial charge in [-0.2, -0.15) is 0 Å². The molecule has 1 aromatic heterocycles. The van der Waals surface area contributed by atoms with Crippen LogP contribution in [0.5, 0.6) is 11.6 Å². The van der Waals surface area contributed by atoms with Crippen LogP contribution in [0.2, 0.25) is 0 Å². The Morgan fingerprint density at radius 2 is 1.94 bits per heavy atom. The largest absolute Gasteiger partial charge is 0.493 e. The molecule has 0 amide bonds. The Morgan fingerprint density at radius 1 is 1.21 bits per heavy atom. The summed E-state index contributed by atoms with van der Waals surface area (Å²) >= 11 is 1.45. The molecule has 3 aromatic rings. The number of ether oxygens (including phenoxy) is 2. The van der Waals surface area contributed by atoms with Gasteiger partial charge in [-0.25, -0.2) is 13.8 Å². The normalized spacial score (nSPS) is 12.6. The summed E-state index contributed by atoms with van der Waals surface area (Å²) in [5.41, 5.74) is -0.215. The number of hydrogen-bond acceptors (Lipinski definition) is 6. The molecule has 8 heteroatoms. The monoisotopic (exact) mass is 474 g/mol. The molecule has 0 aliphatic rings. The number of carbonyl (C=O) groups is 1. The van der Waals surface area contributed by atoms with Crippen molar-refractivity contribution in [3.8, 4) is 11.6 Å². The van der Waals surface area contributed by atoms with Gasteiger partial charge in [0.05, 0.1) is 19.3 Å². The van der Waals surface area contributed by atoms with Gasteiger partial charge >= 0.3 is 0 Å². The third-order valence-corrected chi connectivity index (χ3v) is 6.02. The van der Waals surface area contributed by atoms with E-state index in [1.807, 2.05) is 27.7 Å². The number of aromatic nitrogens is 1. The van der Waals surface area contributed by atoms with Crippen molar-refractivity contribution in [3.63, 3.8) is 0 Å². The van der Waals surface area contributed by atoms with Crippen molar-refractivity contribution < 1.29 is 23.0 Å². The van der Waals surface area contributed by atoms with E-state index in [9.17, 15) is 4.79 Å². The second kappa shape index (κ2) is 10.1. The first-order valence-corrected chi connectivity index (χ1v) is 11.4. The Bertz CT molecular complexity index is 1180. The first-order chi connectivity index (χ1) is 15.6. The van der Waals surface area contributed by atoms with Crippen LogP contribution < -0.4 is 14.2 Å². The van der Waals surface area contributed by atoms with Gasteiger partial charge in [0.25, 0.3) is 0 Å². The van der Waals surface area contributed by atoms with Crippen molar-refractivity contribution in [1.82, 2.24) is 9.71 Å². The van der Waals surface area contributed by atoms with E-state index in [0.29, 0.717) is 28.8 Å². The fourth-order valence-corrected chi connectivity index (χ4v) is 4.11. The molecule has 1 atom stereocenters. The minimum Gasteiger partial charge on any atom is -0.493 e. The molecule has 0 fully saturated rings. The number of ketones is 1. The molecule has 0 spiro atoms. The lowest BCUT2D eigenvalue weighted by Crippen LogP contribution is -2.21. The predicted molar refractivity (Wildman–Crippen MR) is 128 cm³/mol. The summed E-state index contributed by atoms with van der Waals surface area (Å²) < 4.78 is 44.6.